The normalized spacial score (nSPS) is 13.4. The molecular formula is C13H16N2O3S. The Hall–Kier alpha value is -1.66. The molecule has 0 bridgehead atoms. The Balaban J connectivity index is 2.65. The number of fused-ring (bicyclic) bond motifs is 1. The molecule has 0 radical (unpaired) electrons. The molecule has 1 atom stereocenters. The van der Waals surface area contributed by atoms with Crippen LogP contribution in [0.25, 0.3) is 10.9 Å². The molecule has 0 fully saturated rings. The van der Waals surface area contributed by atoms with E-state index >= 15 is 0 Å². The van der Waals surface area contributed by atoms with E-state index in [1.54, 1.807) is 24.4 Å². The summed E-state index contributed by atoms with van der Waals surface area (Å²) < 4.78 is 28.8. The third kappa shape index (κ3) is 2.85. The number of hydrogen-bond acceptors (Lipinski definition) is 4. The third-order valence-electron chi connectivity index (χ3n) is 2.90. The smallest absolute Gasteiger partial charge is 0.238 e. The zero-order chi connectivity index (χ0) is 14.0. The van der Waals surface area contributed by atoms with Crippen LogP contribution in [-0.4, -0.2) is 19.5 Å². The quantitative estimate of drug-likeness (QED) is 0.929. The predicted octanol–water partition coefficient (Wildman–Crippen LogP) is 2.06. The fourth-order valence-electron chi connectivity index (χ4n) is 1.76. The molecule has 0 aliphatic carbocycles. The number of aromatic nitrogens is 1. The van der Waals surface area contributed by atoms with E-state index in [0.29, 0.717) is 16.7 Å². The second kappa shape index (κ2) is 5.14. The van der Waals surface area contributed by atoms with E-state index in [9.17, 15) is 8.42 Å². The van der Waals surface area contributed by atoms with Gasteiger partial charge in [-0.1, -0.05) is 6.92 Å². The van der Waals surface area contributed by atoms with Crippen LogP contribution < -0.4 is 9.88 Å². The topological polar surface area (TPSA) is 82.3 Å². The Labute approximate surface area is 112 Å². The van der Waals surface area contributed by atoms with Crippen LogP contribution in [0.5, 0.6) is 5.75 Å². The number of pyridine rings is 1. The Morgan fingerprint density at radius 1 is 1.37 bits per heavy atom. The molecule has 1 aromatic heterocycles. The number of hydrogen-bond donors (Lipinski definition) is 1. The highest BCUT2D eigenvalue weighted by Gasteiger charge is 2.16. The molecule has 0 saturated heterocycles. The summed E-state index contributed by atoms with van der Waals surface area (Å²) in [5, 5.41) is 5.68. The zero-order valence-electron chi connectivity index (χ0n) is 10.8. The molecule has 0 aliphatic heterocycles. The minimum absolute atomic E-state index is 0.0329. The van der Waals surface area contributed by atoms with Gasteiger partial charge in [-0.2, -0.15) is 0 Å². The van der Waals surface area contributed by atoms with Crippen LogP contribution in [0.2, 0.25) is 0 Å². The van der Waals surface area contributed by atoms with E-state index < -0.39 is 10.0 Å². The predicted molar refractivity (Wildman–Crippen MR) is 73.5 cm³/mol. The SMILES string of the molecule is CCC(C)Oc1ccc(S(N)(=O)=O)c2cccnc12. The van der Waals surface area contributed by atoms with Gasteiger partial charge < -0.3 is 4.74 Å². The summed E-state index contributed by atoms with van der Waals surface area (Å²) in [6, 6.07) is 6.40. The van der Waals surface area contributed by atoms with Crippen LogP contribution in [-0.2, 0) is 10.0 Å². The third-order valence-corrected chi connectivity index (χ3v) is 3.87. The fourth-order valence-corrected chi connectivity index (χ4v) is 2.49. The lowest BCUT2D eigenvalue weighted by atomic mass is 10.2. The molecule has 0 amide bonds. The van der Waals surface area contributed by atoms with Crippen molar-refractivity contribution in [1.29, 1.82) is 0 Å². The van der Waals surface area contributed by atoms with Crippen molar-refractivity contribution >= 4 is 20.9 Å². The second-order valence-corrected chi connectivity index (χ2v) is 5.87. The molecule has 6 heteroatoms. The first-order valence-electron chi connectivity index (χ1n) is 6.00. The summed E-state index contributed by atoms with van der Waals surface area (Å²) in [5.41, 5.74) is 0.509. The number of nitrogens with two attached hydrogens (primary N) is 1. The van der Waals surface area contributed by atoms with Crippen LogP contribution in [0.3, 0.4) is 0 Å². The highest BCUT2D eigenvalue weighted by molar-refractivity contribution is 7.89. The lowest BCUT2D eigenvalue weighted by Gasteiger charge is -2.15. The van der Waals surface area contributed by atoms with Crippen LogP contribution in [0.15, 0.2) is 35.4 Å². The molecule has 1 unspecified atom stereocenters. The van der Waals surface area contributed by atoms with Crippen molar-refractivity contribution < 1.29 is 13.2 Å². The van der Waals surface area contributed by atoms with Crippen molar-refractivity contribution in [2.45, 2.75) is 31.3 Å². The molecular weight excluding hydrogens is 264 g/mol. The maximum Gasteiger partial charge on any atom is 0.238 e. The van der Waals surface area contributed by atoms with E-state index in [4.69, 9.17) is 9.88 Å². The Kier molecular flexibility index (Phi) is 3.73. The van der Waals surface area contributed by atoms with Gasteiger partial charge in [0.05, 0.1) is 11.0 Å². The summed E-state index contributed by atoms with van der Waals surface area (Å²) in [7, 11) is -3.78. The first kappa shape index (κ1) is 13.8. The number of sulfonamides is 1. The molecule has 0 saturated carbocycles. The van der Waals surface area contributed by atoms with Gasteiger partial charge in [0.1, 0.15) is 11.3 Å². The average Bonchev–Trinajstić information content (AvgIpc) is 2.37. The van der Waals surface area contributed by atoms with Crippen molar-refractivity contribution in [3.63, 3.8) is 0 Å². The maximum atomic E-state index is 11.5. The first-order valence-corrected chi connectivity index (χ1v) is 7.55. The molecule has 2 rings (SSSR count). The highest BCUT2D eigenvalue weighted by atomic mass is 32.2. The first-order chi connectivity index (χ1) is 8.93. The van der Waals surface area contributed by atoms with Gasteiger partial charge >= 0.3 is 0 Å². The van der Waals surface area contributed by atoms with E-state index in [1.165, 1.54) is 6.07 Å². The Morgan fingerprint density at radius 2 is 2.11 bits per heavy atom. The van der Waals surface area contributed by atoms with Crippen LogP contribution in [0.1, 0.15) is 20.3 Å². The number of nitrogens with zero attached hydrogens (tertiary/aromatic N) is 1. The van der Waals surface area contributed by atoms with E-state index in [0.717, 1.165) is 6.42 Å². The summed E-state index contributed by atoms with van der Waals surface area (Å²) in [5.74, 6) is 0.567. The van der Waals surface area contributed by atoms with Crippen molar-refractivity contribution in [2.75, 3.05) is 0 Å². The van der Waals surface area contributed by atoms with Gasteiger partial charge in [0.2, 0.25) is 10.0 Å². The lowest BCUT2D eigenvalue weighted by Crippen LogP contribution is -2.14. The minimum Gasteiger partial charge on any atom is -0.488 e. The fraction of sp³-hybridized carbons (Fsp3) is 0.308. The van der Waals surface area contributed by atoms with E-state index in [-0.39, 0.29) is 11.0 Å². The molecule has 1 heterocycles. The van der Waals surface area contributed by atoms with Crippen molar-refractivity contribution in [3.8, 4) is 5.75 Å². The molecule has 1 aromatic carbocycles. The van der Waals surface area contributed by atoms with Crippen molar-refractivity contribution in [1.82, 2.24) is 4.98 Å². The molecule has 102 valence electrons. The number of ether oxygens (including phenoxy) is 1. The Bertz CT molecular complexity index is 698. The molecule has 2 N–H and O–H groups in total. The largest absolute Gasteiger partial charge is 0.488 e. The lowest BCUT2D eigenvalue weighted by molar-refractivity contribution is 0.220. The highest BCUT2D eigenvalue weighted by Crippen LogP contribution is 2.29. The van der Waals surface area contributed by atoms with Gasteiger partial charge in [0.15, 0.2) is 0 Å². The second-order valence-electron chi connectivity index (χ2n) is 4.34. The number of primary sulfonamides is 1. The van der Waals surface area contributed by atoms with Crippen LogP contribution >= 0.6 is 0 Å². The molecule has 2 aromatic rings. The van der Waals surface area contributed by atoms with Gasteiger partial charge in [-0.05, 0) is 37.6 Å². The summed E-state index contributed by atoms with van der Waals surface area (Å²) in [4.78, 5) is 4.26. The van der Waals surface area contributed by atoms with Crippen LogP contribution in [0, 0.1) is 0 Å². The van der Waals surface area contributed by atoms with Crippen molar-refractivity contribution in [2.24, 2.45) is 5.14 Å². The van der Waals surface area contributed by atoms with Gasteiger partial charge in [0, 0.05) is 11.6 Å². The van der Waals surface area contributed by atoms with Gasteiger partial charge in [-0.15, -0.1) is 0 Å². The number of rotatable bonds is 4. The molecule has 19 heavy (non-hydrogen) atoms. The van der Waals surface area contributed by atoms with E-state index in [1.807, 2.05) is 13.8 Å². The average molecular weight is 280 g/mol. The van der Waals surface area contributed by atoms with Gasteiger partial charge in [0.25, 0.3) is 0 Å². The van der Waals surface area contributed by atoms with Crippen LogP contribution in [0.4, 0.5) is 0 Å². The molecule has 0 aliphatic rings. The van der Waals surface area contributed by atoms with Gasteiger partial charge in [-0.3, -0.25) is 4.98 Å². The number of benzene rings is 1. The van der Waals surface area contributed by atoms with Crippen molar-refractivity contribution in [3.05, 3.63) is 30.5 Å². The summed E-state index contributed by atoms with van der Waals surface area (Å²) in [6.45, 7) is 3.96. The Morgan fingerprint density at radius 3 is 2.74 bits per heavy atom. The minimum atomic E-state index is -3.78. The van der Waals surface area contributed by atoms with Gasteiger partial charge in [-0.25, -0.2) is 13.6 Å². The summed E-state index contributed by atoms with van der Waals surface area (Å²) in [6.07, 6.45) is 2.48. The molecule has 5 nitrogen and oxygen atoms in total. The maximum absolute atomic E-state index is 11.5. The van der Waals surface area contributed by atoms with E-state index in [2.05, 4.69) is 4.98 Å². The standard InChI is InChI=1S/C13H16N2O3S/c1-3-9(2)18-11-6-7-12(19(14,16)17)10-5-4-8-15-13(10)11/h4-9H,3H2,1-2H3,(H2,14,16,17). The monoisotopic (exact) mass is 280 g/mol. The summed E-state index contributed by atoms with van der Waals surface area (Å²) >= 11 is 0. The molecule has 0 spiro atoms. The zero-order valence-corrected chi connectivity index (χ0v) is 11.6.